The standard InChI is InChI=1S/C22H17Cl2N3O3/c23-11-3-6-13(7-4-11)27-19(28)17-16-2-1-9-26(16)22(18(17)20(27)29)14-10-12(24)5-8-15(14)25-21(22)30/h3-8,10,16-18H,1-2,9H2,(H,25,30)/t16-,17+,18+,22-/m0/s1. The van der Waals surface area contributed by atoms with E-state index < -0.39 is 17.4 Å². The molecule has 152 valence electrons. The highest BCUT2D eigenvalue weighted by Crippen LogP contribution is 2.60. The van der Waals surface area contributed by atoms with Gasteiger partial charge >= 0.3 is 0 Å². The number of nitrogens with one attached hydrogen (secondary N) is 1. The van der Waals surface area contributed by atoms with Crippen LogP contribution in [0.15, 0.2) is 42.5 Å². The third-order valence-electron chi connectivity index (χ3n) is 7.04. The lowest BCUT2D eigenvalue weighted by Crippen LogP contribution is -2.54. The maximum Gasteiger partial charge on any atom is 0.250 e. The van der Waals surface area contributed by atoms with Crippen molar-refractivity contribution >= 4 is 52.3 Å². The first-order valence-electron chi connectivity index (χ1n) is 9.96. The van der Waals surface area contributed by atoms with Gasteiger partial charge in [-0.1, -0.05) is 23.2 Å². The molecule has 30 heavy (non-hydrogen) atoms. The molecule has 4 heterocycles. The predicted octanol–water partition coefficient (Wildman–Crippen LogP) is 3.42. The SMILES string of the molecule is O=C1[C@@H]2[C@@H]3CCCN3[C@]3(C(=O)Nc4ccc(Cl)cc43)[C@H]2C(=O)N1c1ccc(Cl)cc1. The second-order valence-electron chi connectivity index (χ2n) is 8.31. The van der Waals surface area contributed by atoms with E-state index >= 15 is 0 Å². The van der Waals surface area contributed by atoms with Crippen LogP contribution >= 0.6 is 23.2 Å². The van der Waals surface area contributed by atoms with Gasteiger partial charge in [0, 0.05) is 27.3 Å². The molecule has 4 aliphatic heterocycles. The van der Waals surface area contributed by atoms with Crippen LogP contribution in [0.1, 0.15) is 18.4 Å². The van der Waals surface area contributed by atoms with Gasteiger partial charge in [0.25, 0.3) is 0 Å². The van der Waals surface area contributed by atoms with Crippen LogP contribution in [0.2, 0.25) is 10.0 Å². The van der Waals surface area contributed by atoms with Crippen molar-refractivity contribution in [2.45, 2.75) is 24.4 Å². The predicted molar refractivity (Wildman–Crippen MR) is 112 cm³/mol. The van der Waals surface area contributed by atoms with Crippen LogP contribution in [0.25, 0.3) is 0 Å². The van der Waals surface area contributed by atoms with Gasteiger partial charge in [0.2, 0.25) is 17.7 Å². The minimum atomic E-state index is -1.21. The summed E-state index contributed by atoms with van der Waals surface area (Å²) in [5.74, 6) is -2.19. The van der Waals surface area contributed by atoms with Gasteiger partial charge in [-0.2, -0.15) is 0 Å². The molecule has 3 fully saturated rings. The second kappa shape index (κ2) is 6.06. The number of nitrogens with zero attached hydrogens (tertiary/aromatic N) is 2. The number of imide groups is 1. The van der Waals surface area contributed by atoms with Crippen LogP contribution in [-0.2, 0) is 19.9 Å². The maximum absolute atomic E-state index is 13.7. The number of hydrogen-bond acceptors (Lipinski definition) is 4. The van der Waals surface area contributed by atoms with E-state index in [2.05, 4.69) is 10.2 Å². The minimum absolute atomic E-state index is 0.153. The van der Waals surface area contributed by atoms with Crippen molar-refractivity contribution in [3.8, 4) is 0 Å². The number of amides is 3. The monoisotopic (exact) mass is 441 g/mol. The Morgan fingerprint density at radius 2 is 1.70 bits per heavy atom. The molecule has 2 aromatic rings. The topological polar surface area (TPSA) is 69.7 Å². The van der Waals surface area contributed by atoms with Crippen molar-refractivity contribution in [3.05, 3.63) is 58.1 Å². The summed E-state index contributed by atoms with van der Waals surface area (Å²) in [7, 11) is 0. The van der Waals surface area contributed by atoms with E-state index in [1.807, 2.05) is 0 Å². The van der Waals surface area contributed by atoms with Crippen LogP contribution < -0.4 is 10.2 Å². The summed E-state index contributed by atoms with van der Waals surface area (Å²) in [6.07, 6.45) is 1.65. The van der Waals surface area contributed by atoms with Crippen molar-refractivity contribution in [1.82, 2.24) is 4.90 Å². The first kappa shape index (κ1) is 18.4. The molecular weight excluding hydrogens is 425 g/mol. The highest BCUT2D eigenvalue weighted by Gasteiger charge is 2.74. The normalized spacial score (nSPS) is 32.0. The summed E-state index contributed by atoms with van der Waals surface area (Å²) in [6.45, 7) is 0.665. The summed E-state index contributed by atoms with van der Waals surface area (Å²) in [5, 5.41) is 3.96. The largest absolute Gasteiger partial charge is 0.324 e. The Labute approximate surface area is 182 Å². The minimum Gasteiger partial charge on any atom is -0.324 e. The zero-order valence-electron chi connectivity index (χ0n) is 15.8. The maximum atomic E-state index is 13.7. The molecule has 4 atom stereocenters. The number of rotatable bonds is 1. The average molecular weight is 442 g/mol. The summed E-state index contributed by atoms with van der Waals surface area (Å²) < 4.78 is 0. The van der Waals surface area contributed by atoms with E-state index in [9.17, 15) is 14.4 Å². The lowest BCUT2D eigenvalue weighted by molar-refractivity contribution is -0.135. The molecule has 0 aliphatic carbocycles. The zero-order valence-corrected chi connectivity index (χ0v) is 17.3. The molecule has 6 nitrogen and oxygen atoms in total. The molecule has 0 saturated carbocycles. The Morgan fingerprint density at radius 3 is 2.47 bits per heavy atom. The van der Waals surface area contributed by atoms with Gasteiger partial charge in [-0.25, -0.2) is 4.90 Å². The van der Waals surface area contributed by atoms with Gasteiger partial charge < -0.3 is 5.32 Å². The fraction of sp³-hybridized carbons (Fsp3) is 0.318. The van der Waals surface area contributed by atoms with E-state index in [-0.39, 0.29) is 23.8 Å². The van der Waals surface area contributed by atoms with E-state index in [4.69, 9.17) is 23.2 Å². The zero-order chi connectivity index (χ0) is 20.8. The third-order valence-corrected chi connectivity index (χ3v) is 7.53. The quantitative estimate of drug-likeness (QED) is 0.688. The van der Waals surface area contributed by atoms with Crippen molar-refractivity contribution < 1.29 is 14.4 Å². The number of anilines is 2. The van der Waals surface area contributed by atoms with Gasteiger partial charge in [-0.3, -0.25) is 19.3 Å². The Bertz CT molecular complexity index is 1130. The Balaban J connectivity index is 1.56. The summed E-state index contributed by atoms with van der Waals surface area (Å²) in [4.78, 5) is 44.1. The van der Waals surface area contributed by atoms with Crippen LogP contribution in [0.5, 0.6) is 0 Å². The summed E-state index contributed by atoms with van der Waals surface area (Å²) in [6, 6.07) is 11.7. The van der Waals surface area contributed by atoms with Gasteiger partial charge in [0.05, 0.1) is 17.5 Å². The van der Waals surface area contributed by atoms with Crippen LogP contribution in [0, 0.1) is 11.8 Å². The summed E-state index contributed by atoms with van der Waals surface area (Å²) >= 11 is 12.3. The van der Waals surface area contributed by atoms with Gasteiger partial charge in [0.15, 0.2) is 0 Å². The molecule has 0 bridgehead atoms. The average Bonchev–Trinajstić information content (AvgIpc) is 3.42. The van der Waals surface area contributed by atoms with Crippen molar-refractivity contribution in [3.63, 3.8) is 0 Å². The highest BCUT2D eigenvalue weighted by molar-refractivity contribution is 6.32. The molecule has 3 saturated heterocycles. The number of benzene rings is 2. The molecule has 1 N–H and O–H groups in total. The van der Waals surface area contributed by atoms with E-state index in [0.717, 1.165) is 12.8 Å². The van der Waals surface area contributed by atoms with Crippen molar-refractivity contribution in [2.75, 3.05) is 16.8 Å². The van der Waals surface area contributed by atoms with Crippen molar-refractivity contribution in [1.29, 1.82) is 0 Å². The van der Waals surface area contributed by atoms with Gasteiger partial charge in [0.1, 0.15) is 5.54 Å². The third kappa shape index (κ3) is 2.06. The molecule has 6 rings (SSSR count). The van der Waals surface area contributed by atoms with Crippen LogP contribution in [0.4, 0.5) is 11.4 Å². The van der Waals surface area contributed by atoms with E-state index in [0.29, 0.717) is 33.5 Å². The van der Waals surface area contributed by atoms with Crippen LogP contribution in [0.3, 0.4) is 0 Å². The molecule has 4 aliphatic rings. The van der Waals surface area contributed by atoms with Gasteiger partial charge in [-0.05, 0) is 61.9 Å². The van der Waals surface area contributed by atoms with Crippen molar-refractivity contribution in [2.24, 2.45) is 11.8 Å². The molecule has 8 heteroatoms. The second-order valence-corrected chi connectivity index (χ2v) is 9.18. The molecular formula is C22H17Cl2N3O3. The summed E-state index contributed by atoms with van der Waals surface area (Å²) in [5.41, 5.74) is 0.618. The lowest BCUT2D eigenvalue weighted by atomic mass is 9.75. The molecule has 3 amide bonds. The van der Waals surface area contributed by atoms with E-state index in [1.165, 1.54) is 4.90 Å². The fourth-order valence-corrected chi connectivity index (χ4v) is 6.32. The molecule has 1 spiro atoms. The Hall–Kier alpha value is -2.41. The number of carbonyl (C=O) groups excluding carboxylic acids is 3. The first-order valence-corrected chi connectivity index (χ1v) is 10.7. The first-order chi connectivity index (χ1) is 14.4. The fourth-order valence-electron chi connectivity index (χ4n) is 6.02. The molecule has 0 radical (unpaired) electrons. The molecule has 2 aromatic carbocycles. The number of halogens is 2. The Kier molecular flexibility index (Phi) is 3.71. The lowest BCUT2D eigenvalue weighted by Gasteiger charge is -2.36. The smallest absolute Gasteiger partial charge is 0.250 e. The number of fused-ring (bicyclic) bond motifs is 7. The van der Waals surface area contributed by atoms with E-state index in [1.54, 1.807) is 42.5 Å². The van der Waals surface area contributed by atoms with Crippen LogP contribution in [-0.4, -0.2) is 35.2 Å². The molecule has 0 unspecified atom stereocenters. The number of hydrogen-bond donors (Lipinski definition) is 1. The van der Waals surface area contributed by atoms with Gasteiger partial charge in [-0.15, -0.1) is 0 Å². The Morgan fingerprint density at radius 1 is 0.967 bits per heavy atom. The highest BCUT2D eigenvalue weighted by atomic mass is 35.5. The number of carbonyl (C=O) groups is 3. The molecule has 0 aromatic heterocycles.